The molecule has 514 valence electrons. The lowest BCUT2D eigenvalue weighted by Crippen LogP contribution is -2.21. The molecule has 0 atom stereocenters. The number of para-hydroxylation sites is 4. The van der Waals surface area contributed by atoms with Crippen LogP contribution in [0.3, 0.4) is 0 Å². The molecule has 0 bridgehead atoms. The molecular weight excluding hydrogens is 1190 g/mol. The van der Waals surface area contributed by atoms with Crippen LogP contribution in [0.15, 0.2) is 214 Å². The van der Waals surface area contributed by atoms with Crippen molar-refractivity contribution in [2.45, 2.75) is 237 Å². The zero-order valence-electron chi connectivity index (χ0n) is 69.7. The van der Waals surface area contributed by atoms with Crippen molar-refractivity contribution in [2.24, 2.45) is 20.0 Å². The van der Waals surface area contributed by atoms with Crippen molar-refractivity contribution in [1.29, 1.82) is 0 Å². The van der Waals surface area contributed by atoms with Crippen LogP contribution in [-0.2, 0) is 23.7 Å². The summed E-state index contributed by atoms with van der Waals surface area (Å²) in [4.78, 5) is 31.9. The molecule has 0 amide bonds. The maximum Gasteiger partial charge on any atom is 0.0852 e. The standard InChI is InChI=1S/2C43H55N3.C6H6/c2*1-27(2)35-20-16-21-36(28(3)4)41(35)44-31(9)39-24-33(26-43(11,12)34-18-14-13-15-19-34)25-40(46-39)32(10)45-42-37(29(5)6)22-17-23-38(42)30(7)8;1-2-4-6-5-3-1/h2*13-25,27-30H,26H2,1-12H3;1-6H/i;;1D,2D,3D,4D,5D,6D. The van der Waals surface area contributed by atoms with Crippen LogP contribution in [0.25, 0.3) is 0 Å². The highest BCUT2D eigenvalue weighted by Gasteiger charge is 2.26. The Kier molecular flexibility index (Phi) is 24.2. The number of pyridine rings is 2. The molecule has 0 unspecified atom stereocenters. The average molecular weight is 1310 g/mol. The third-order valence-corrected chi connectivity index (χ3v) is 18.5. The molecule has 0 N–H and O–H groups in total. The zero-order chi connectivity index (χ0) is 77.0. The first kappa shape index (κ1) is 68.1. The van der Waals surface area contributed by atoms with E-state index >= 15 is 0 Å². The van der Waals surface area contributed by atoms with Crippen molar-refractivity contribution >= 4 is 45.6 Å². The van der Waals surface area contributed by atoms with Crippen molar-refractivity contribution in [1.82, 2.24) is 9.97 Å². The quantitative estimate of drug-likeness (QED) is 0.0634. The maximum absolute atomic E-state index is 7.12. The van der Waals surface area contributed by atoms with E-state index in [0.717, 1.165) is 81.2 Å². The van der Waals surface area contributed by atoms with E-state index in [-0.39, 0.29) is 10.8 Å². The molecule has 0 aliphatic rings. The highest BCUT2D eigenvalue weighted by molar-refractivity contribution is 6.04. The molecule has 0 aliphatic heterocycles. The summed E-state index contributed by atoms with van der Waals surface area (Å²) in [6.07, 6.45) is 1.75. The van der Waals surface area contributed by atoms with Crippen LogP contribution in [0.2, 0.25) is 0 Å². The van der Waals surface area contributed by atoms with Crippen LogP contribution in [0.1, 0.15) is 311 Å². The summed E-state index contributed by atoms with van der Waals surface area (Å²) in [6.45, 7) is 53.7. The molecule has 9 rings (SSSR count). The van der Waals surface area contributed by atoms with Crippen LogP contribution in [0.5, 0.6) is 0 Å². The molecule has 6 nitrogen and oxygen atoms in total. The Balaban J connectivity index is 0.000000250. The van der Waals surface area contributed by atoms with Gasteiger partial charge < -0.3 is 0 Å². The van der Waals surface area contributed by atoms with E-state index in [1.54, 1.807) is 0 Å². The molecule has 0 fully saturated rings. The zero-order valence-corrected chi connectivity index (χ0v) is 63.7. The first-order valence-electron chi connectivity index (χ1n) is 38.8. The van der Waals surface area contributed by atoms with E-state index in [0.29, 0.717) is 47.3 Å². The number of rotatable bonds is 22. The summed E-state index contributed by atoms with van der Waals surface area (Å²) in [5.74, 6) is 2.98. The second-order valence-corrected chi connectivity index (χ2v) is 30.3. The Morgan fingerprint density at radius 3 is 0.653 bits per heavy atom. The molecule has 0 spiro atoms. The minimum atomic E-state index is -0.457. The number of benzene rings is 7. The van der Waals surface area contributed by atoms with Gasteiger partial charge in [-0.05, 0) is 190 Å². The predicted molar refractivity (Wildman–Crippen MR) is 427 cm³/mol. The molecule has 0 saturated heterocycles. The first-order chi connectivity index (χ1) is 48.8. The van der Waals surface area contributed by atoms with E-state index in [4.69, 9.17) is 38.2 Å². The van der Waals surface area contributed by atoms with E-state index in [1.807, 2.05) is 0 Å². The van der Waals surface area contributed by atoms with Crippen LogP contribution >= 0.6 is 0 Å². The lowest BCUT2D eigenvalue weighted by Gasteiger charge is -2.26. The van der Waals surface area contributed by atoms with E-state index in [1.165, 1.54) is 66.8 Å². The molecule has 6 heteroatoms. The summed E-state index contributed by atoms with van der Waals surface area (Å²) in [5.41, 5.74) is 26.9. The first-order valence-corrected chi connectivity index (χ1v) is 35.8. The lowest BCUT2D eigenvalue weighted by atomic mass is 9.79. The van der Waals surface area contributed by atoms with E-state index < -0.39 is 36.3 Å². The van der Waals surface area contributed by atoms with Crippen LogP contribution in [0.4, 0.5) is 22.7 Å². The number of hydrogen-bond acceptors (Lipinski definition) is 6. The van der Waals surface area contributed by atoms with Crippen molar-refractivity contribution in [3.8, 4) is 0 Å². The van der Waals surface area contributed by atoms with Crippen molar-refractivity contribution in [3.63, 3.8) is 0 Å². The van der Waals surface area contributed by atoms with E-state index in [9.17, 15) is 0 Å². The molecule has 0 aliphatic carbocycles. The largest absolute Gasteiger partial charge is 0.251 e. The van der Waals surface area contributed by atoms with Gasteiger partial charge in [0.05, 0.1) is 76.6 Å². The third-order valence-electron chi connectivity index (χ3n) is 18.5. The normalized spacial score (nSPS) is 13.6. The molecule has 0 saturated carbocycles. The summed E-state index contributed by atoms with van der Waals surface area (Å²) in [7, 11) is 0. The Morgan fingerprint density at radius 1 is 0.296 bits per heavy atom. The summed E-state index contributed by atoms with van der Waals surface area (Å²) < 4.78 is 42.7. The second-order valence-electron chi connectivity index (χ2n) is 30.3. The van der Waals surface area contributed by atoms with Gasteiger partial charge in [-0.3, -0.25) is 20.0 Å². The number of aliphatic imine (C=N–C) groups is 4. The van der Waals surface area contributed by atoms with Gasteiger partial charge in [-0.2, -0.15) is 0 Å². The highest BCUT2D eigenvalue weighted by Crippen LogP contribution is 2.41. The minimum absolute atomic E-state index is 0.0582. The van der Waals surface area contributed by atoms with E-state index in [2.05, 4.69) is 324 Å². The molecule has 98 heavy (non-hydrogen) atoms. The van der Waals surface area contributed by atoms with Crippen LogP contribution in [0, 0.1) is 0 Å². The summed E-state index contributed by atoms with van der Waals surface area (Å²) in [5, 5.41) is 0. The average Bonchev–Trinajstić information content (AvgIpc) is 0.813. The van der Waals surface area contributed by atoms with Gasteiger partial charge in [0.1, 0.15) is 0 Å². The molecule has 2 heterocycles. The fourth-order valence-corrected chi connectivity index (χ4v) is 12.8. The summed E-state index contributed by atoms with van der Waals surface area (Å²) in [6, 6.07) is 54.3. The molecule has 7 aromatic carbocycles. The second kappa shape index (κ2) is 34.8. The monoisotopic (exact) mass is 1310 g/mol. The number of aromatic nitrogens is 2. The topological polar surface area (TPSA) is 75.2 Å². The fraction of sp³-hybridized carbons (Fsp3) is 0.391. The van der Waals surface area contributed by atoms with Gasteiger partial charge in [-0.15, -0.1) is 0 Å². The Bertz CT molecular complexity index is 3910. The lowest BCUT2D eigenvalue weighted by molar-refractivity contribution is 0.522. The Labute approximate surface area is 601 Å². The van der Waals surface area contributed by atoms with Gasteiger partial charge in [0, 0.05) is 0 Å². The third kappa shape index (κ3) is 20.3. The maximum atomic E-state index is 7.12. The molecule has 2 aromatic heterocycles. The van der Waals surface area contributed by atoms with Crippen LogP contribution < -0.4 is 0 Å². The molecular formula is C92H116N6. The Hall–Kier alpha value is -8.48. The Morgan fingerprint density at radius 2 is 0.480 bits per heavy atom. The highest BCUT2D eigenvalue weighted by atomic mass is 14.9. The van der Waals surface area contributed by atoms with Gasteiger partial charge in [-0.1, -0.05) is 308 Å². The van der Waals surface area contributed by atoms with Crippen molar-refractivity contribution in [3.05, 3.63) is 284 Å². The fourth-order valence-electron chi connectivity index (χ4n) is 12.8. The SMILES string of the molecule is CC(=Nc1c(C(C)C)cccc1C(C)C)c1cc(CC(C)(C)c2ccccc2)cc(C(C)=Nc2c(C(C)C)cccc2C(C)C)n1.CC(=Nc1c(C(C)C)cccc1C(C)C)c1cc(CC(C)(C)c2ccccc2)cc(C(C)=Nc2c(C(C)C)cccc2C(C)C)n1.[2H]c1c([2H])c([2H])c([2H])c([2H])c1[2H]. The van der Waals surface area contributed by atoms with Gasteiger partial charge in [0.2, 0.25) is 0 Å². The number of hydrogen-bond donors (Lipinski definition) is 0. The molecule has 0 radical (unpaired) electrons. The minimum Gasteiger partial charge on any atom is -0.251 e. The van der Waals surface area contributed by atoms with Gasteiger partial charge in [0.15, 0.2) is 0 Å². The van der Waals surface area contributed by atoms with Gasteiger partial charge in [-0.25, -0.2) is 9.97 Å². The molecule has 9 aromatic rings. The van der Waals surface area contributed by atoms with Gasteiger partial charge in [0.25, 0.3) is 0 Å². The van der Waals surface area contributed by atoms with Gasteiger partial charge >= 0.3 is 0 Å². The predicted octanol–water partition coefficient (Wildman–Crippen LogP) is 26.4. The summed E-state index contributed by atoms with van der Waals surface area (Å²) >= 11 is 0. The van der Waals surface area contributed by atoms with Crippen LogP contribution in [-0.4, -0.2) is 32.8 Å². The smallest absolute Gasteiger partial charge is 0.0852 e. The van der Waals surface area contributed by atoms with Crippen molar-refractivity contribution in [2.75, 3.05) is 0 Å². The van der Waals surface area contributed by atoms with Crippen molar-refractivity contribution < 1.29 is 8.22 Å². The number of nitrogens with zero attached hydrogens (tertiary/aromatic N) is 6.